The molecule has 27 heavy (non-hydrogen) atoms. The third-order valence-electron chi connectivity index (χ3n) is 4.57. The van der Waals surface area contributed by atoms with Gasteiger partial charge in [0.2, 0.25) is 0 Å². The zero-order valence-corrected chi connectivity index (χ0v) is 16.2. The fourth-order valence-electron chi connectivity index (χ4n) is 3.20. The van der Waals surface area contributed by atoms with Gasteiger partial charge in [-0.3, -0.25) is 0 Å². The van der Waals surface area contributed by atoms with Crippen molar-refractivity contribution in [2.75, 3.05) is 6.26 Å². The normalized spacial score (nSPS) is 13.9. The topological polar surface area (TPSA) is 43.4 Å². The van der Waals surface area contributed by atoms with Crippen molar-refractivity contribution in [2.24, 2.45) is 0 Å². The van der Waals surface area contributed by atoms with Crippen molar-refractivity contribution < 1.29 is 13.2 Å². The van der Waals surface area contributed by atoms with E-state index in [1.165, 1.54) is 6.26 Å². The number of hydrogen-bond acceptors (Lipinski definition) is 3. The number of rotatable bonds is 3. The van der Waals surface area contributed by atoms with Gasteiger partial charge >= 0.3 is 0 Å². The van der Waals surface area contributed by atoms with E-state index in [0.29, 0.717) is 17.2 Å². The highest BCUT2D eigenvalue weighted by Crippen LogP contribution is 2.40. The maximum atomic E-state index is 11.8. The third-order valence-corrected chi connectivity index (χ3v) is 6.03. The summed E-state index contributed by atoms with van der Waals surface area (Å²) < 4.78 is 29.7. The Morgan fingerprint density at radius 1 is 0.889 bits per heavy atom. The van der Waals surface area contributed by atoms with Gasteiger partial charge in [0.25, 0.3) is 0 Å². The summed E-state index contributed by atoms with van der Waals surface area (Å²) in [6, 6.07) is 22.3. The van der Waals surface area contributed by atoms with Gasteiger partial charge in [0.15, 0.2) is 9.84 Å². The smallest absolute Gasteiger partial charge is 0.175 e. The fourth-order valence-corrected chi connectivity index (χ4v) is 4.08. The fraction of sp³-hybridized carbons (Fsp3) is 0.0909. The molecule has 0 bridgehead atoms. The van der Waals surface area contributed by atoms with E-state index < -0.39 is 9.84 Å². The van der Waals surface area contributed by atoms with Crippen LogP contribution in [0.15, 0.2) is 77.7 Å². The lowest BCUT2D eigenvalue weighted by Gasteiger charge is -2.24. The van der Waals surface area contributed by atoms with Crippen molar-refractivity contribution in [1.29, 1.82) is 0 Å². The van der Waals surface area contributed by atoms with Gasteiger partial charge in [-0.1, -0.05) is 48.0 Å². The molecule has 0 unspecified atom stereocenters. The van der Waals surface area contributed by atoms with Crippen LogP contribution in [0.2, 0.25) is 5.02 Å². The van der Waals surface area contributed by atoms with E-state index >= 15 is 0 Å². The van der Waals surface area contributed by atoms with Crippen LogP contribution in [0.4, 0.5) is 0 Å². The minimum atomic E-state index is -3.25. The van der Waals surface area contributed by atoms with E-state index in [0.717, 1.165) is 28.0 Å². The van der Waals surface area contributed by atoms with Crippen LogP contribution in [0.3, 0.4) is 0 Å². The Bertz CT molecular complexity index is 1150. The van der Waals surface area contributed by atoms with Crippen LogP contribution in [0.1, 0.15) is 16.7 Å². The van der Waals surface area contributed by atoms with Crippen molar-refractivity contribution in [1.82, 2.24) is 0 Å². The van der Waals surface area contributed by atoms with Crippen molar-refractivity contribution in [3.8, 4) is 5.75 Å². The molecule has 0 saturated carbocycles. The first-order valence-electron chi connectivity index (χ1n) is 8.48. The predicted octanol–water partition coefficient (Wildman–Crippen LogP) is 5.25. The Labute approximate surface area is 163 Å². The summed E-state index contributed by atoms with van der Waals surface area (Å²) in [5.41, 5.74) is 3.79. The molecular formula is C22H17ClO3S. The molecule has 0 amide bonds. The van der Waals surface area contributed by atoms with E-state index in [-0.39, 0.29) is 4.90 Å². The van der Waals surface area contributed by atoms with Gasteiger partial charge in [-0.05, 0) is 42.0 Å². The van der Waals surface area contributed by atoms with Gasteiger partial charge in [-0.2, -0.15) is 0 Å². The molecule has 1 heterocycles. The molecular weight excluding hydrogens is 380 g/mol. The Morgan fingerprint density at radius 2 is 1.56 bits per heavy atom. The summed E-state index contributed by atoms with van der Waals surface area (Å²) in [6.45, 7) is 0. The second-order valence-electron chi connectivity index (χ2n) is 6.47. The van der Waals surface area contributed by atoms with E-state index in [1.807, 2.05) is 48.5 Å². The van der Waals surface area contributed by atoms with Crippen LogP contribution in [0.5, 0.6) is 5.75 Å². The standard InChI is InChI=1S/C22H17ClO3S/c1-27(24,25)17-12-10-15(11-13-17)22-19(18-7-3-4-8-20(18)23)14-16-6-2-5-9-21(16)26-22/h2-13H,14H2,1H3. The van der Waals surface area contributed by atoms with Crippen LogP contribution < -0.4 is 4.74 Å². The van der Waals surface area contributed by atoms with E-state index in [1.54, 1.807) is 24.3 Å². The first kappa shape index (κ1) is 17.8. The van der Waals surface area contributed by atoms with Crippen LogP contribution in [-0.2, 0) is 16.3 Å². The highest BCUT2D eigenvalue weighted by Gasteiger charge is 2.23. The van der Waals surface area contributed by atoms with Crippen molar-refractivity contribution in [3.05, 3.63) is 94.5 Å². The van der Waals surface area contributed by atoms with Gasteiger partial charge in [0.05, 0.1) is 4.90 Å². The van der Waals surface area contributed by atoms with Gasteiger partial charge in [-0.15, -0.1) is 0 Å². The SMILES string of the molecule is CS(=O)(=O)c1ccc(C2=C(c3ccccc3Cl)Cc3ccccc3O2)cc1. The maximum absolute atomic E-state index is 11.8. The molecule has 5 heteroatoms. The molecule has 0 spiro atoms. The average molecular weight is 397 g/mol. The molecule has 3 aromatic rings. The van der Waals surface area contributed by atoms with Gasteiger partial charge in [0, 0.05) is 34.4 Å². The number of hydrogen-bond donors (Lipinski definition) is 0. The molecule has 0 atom stereocenters. The number of benzene rings is 3. The highest BCUT2D eigenvalue weighted by molar-refractivity contribution is 7.90. The minimum Gasteiger partial charge on any atom is -0.456 e. The molecule has 0 aromatic heterocycles. The first-order chi connectivity index (χ1) is 12.9. The van der Waals surface area contributed by atoms with E-state index in [4.69, 9.17) is 16.3 Å². The molecule has 3 nitrogen and oxygen atoms in total. The molecule has 0 saturated heterocycles. The zero-order chi connectivity index (χ0) is 19.0. The number of halogens is 1. The lowest BCUT2D eigenvalue weighted by molar-refractivity contribution is 0.502. The number of fused-ring (bicyclic) bond motifs is 1. The van der Waals surface area contributed by atoms with Crippen molar-refractivity contribution >= 4 is 32.8 Å². The maximum Gasteiger partial charge on any atom is 0.175 e. The Kier molecular flexibility index (Phi) is 4.54. The minimum absolute atomic E-state index is 0.280. The summed E-state index contributed by atoms with van der Waals surface area (Å²) in [5, 5.41) is 0.653. The second-order valence-corrected chi connectivity index (χ2v) is 8.89. The Hall–Kier alpha value is -2.56. The van der Waals surface area contributed by atoms with E-state index in [2.05, 4.69) is 0 Å². The van der Waals surface area contributed by atoms with Gasteiger partial charge in [0.1, 0.15) is 11.5 Å². The molecule has 0 fully saturated rings. The highest BCUT2D eigenvalue weighted by atomic mass is 35.5. The molecule has 1 aliphatic heterocycles. The van der Waals surface area contributed by atoms with Crippen LogP contribution in [0.25, 0.3) is 11.3 Å². The van der Waals surface area contributed by atoms with Crippen LogP contribution in [0, 0.1) is 0 Å². The quantitative estimate of drug-likeness (QED) is 0.607. The molecule has 0 N–H and O–H groups in total. The zero-order valence-electron chi connectivity index (χ0n) is 14.6. The Balaban J connectivity index is 1.88. The lowest BCUT2D eigenvalue weighted by Crippen LogP contribution is -2.10. The van der Waals surface area contributed by atoms with E-state index in [9.17, 15) is 8.42 Å². The molecule has 3 aromatic carbocycles. The lowest BCUT2D eigenvalue weighted by atomic mass is 9.92. The average Bonchev–Trinajstić information content (AvgIpc) is 2.67. The number of allylic oxidation sites excluding steroid dienone is 1. The molecule has 0 radical (unpaired) electrons. The number of para-hydroxylation sites is 1. The Morgan fingerprint density at radius 3 is 2.26 bits per heavy atom. The second kappa shape index (κ2) is 6.87. The van der Waals surface area contributed by atoms with Crippen LogP contribution >= 0.6 is 11.6 Å². The van der Waals surface area contributed by atoms with Gasteiger partial charge < -0.3 is 4.74 Å². The molecule has 0 aliphatic carbocycles. The molecule has 4 rings (SSSR count). The van der Waals surface area contributed by atoms with Gasteiger partial charge in [-0.25, -0.2) is 8.42 Å². The summed E-state index contributed by atoms with van der Waals surface area (Å²) in [5.74, 6) is 1.50. The van der Waals surface area contributed by atoms with Crippen LogP contribution in [-0.4, -0.2) is 14.7 Å². The summed E-state index contributed by atoms with van der Waals surface area (Å²) in [4.78, 5) is 0.280. The van der Waals surface area contributed by atoms with Crippen molar-refractivity contribution in [2.45, 2.75) is 11.3 Å². The monoisotopic (exact) mass is 396 g/mol. The summed E-state index contributed by atoms with van der Waals surface area (Å²) in [7, 11) is -3.25. The first-order valence-corrected chi connectivity index (χ1v) is 10.7. The number of sulfone groups is 1. The largest absolute Gasteiger partial charge is 0.456 e. The third kappa shape index (κ3) is 3.51. The molecule has 1 aliphatic rings. The summed E-state index contributed by atoms with van der Waals surface area (Å²) in [6.07, 6.45) is 1.88. The summed E-state index contributed by atoms with van der Waals surface area (Å²) >= 11 is 6.45. The predicted molar refractivity (Wildman–Crippen MR) is 109 cm³/mol. The number of ether oxygens (including phenoxy) is 1. The van der Waals surface area contributed by atoms with Crippen molar-refractivity contribution in [3.63, 3.8) is 0 Å². The molecule has 136 valence electrons.